The number of carbonyl (C=O) groups is 3. The van der Waals surface area contributed by atoms with Gasteiger partial charge in [0.25, 0.3) is 0 Å². The Balaban J connectivity index is 5.94. The van der Waals surface area contributed by atoms with E-state index in [9.17, 15) is 14.4 Å². The zero-order chi connectivity index (χ0) is 28.0. The van der Waals surface area contributed by atoms with Gasteiger partial charge in [0.2, 0.25) is 11.8 Å². The fourth-order valence-corrected chi connectivity index (χ4v) is 4.37. The summed E-state index contributed by atoms with van der Waals surface area (Å²) in [6.45, 7) is 30.7. The molecule has 2 N–H and O–H groups in total. The van der Waals surface area contributed by atoms with Crippen molar-refractivity contribution in [2.24, 2.45) is 33.5 Å². The Morgan fingerprint density at radius 3 is 1.74 bits per heavy atom. The first-order chi connectivity index (χ1) is 15.5. The van der Waals surface area contributed by atoms with E-state index in [-0.39, 0.29) is 57.9 Å². The summed E-state index contributed by atoms with van der Waals surface area (Å²) in [6, 6.07) is 0.0640. The lowest BCUT2D eigenvalue weighted by molar-refractivity contribution is -0.144. The Kier molecular flexibility index (Phi) is 11.7. The van der Waals surface area contributed by atoms with Crippen LogP contribution in [0.25, 0.3) is 0 Å². The summed E-state index contributed by atoms with van der Waals surface area (Å²) in [4.78, 5) is 38.2. The van der Waals surface area contributed by atoms with Crippen LogP contribution in [0.4, 0.5) is 0 Å². The van der Waals surface area contributed by atoms with Crippen LogP contribution in [0.15, 0.2) is 12.7 Å². The molecule has 35 heavy (non-hydrogen) atoms. The van der Waals surface area contributed by atoms with Gasteiger partial charge in [-0.15, -0.1) is 0 Å². The molecule has 0 saturated heterocycles. The molecule has 3 unspecified atom stereocenters. The van der Waals surface area contributed by atoms with Crippen molar-refractivity contribution in [3.63, 3.8) is 0 Å². The predicted molar refractivity (Wildman–Crippen MR) is 145 cm³/mol. The van der Waals surface area contributed by atoms with Crippen LogP contribution in [0, 0.1) is 33.5 Å². The molecule has 6 heteroatoms. The number of hydrogen-bond donors (Lipinski definition) is 2. The summed E-state index contributed by atoms with van der Waals surface area (Å²) < 4.78 is 5.19. The van der Waals surface area contributed by atoms with Gasteiger partial charge >= 0.3 is 5.97 Å². The third-order valence-electron chi connectivity index (χ3n) is 7.30. The molecule has 0 aliphatic carbocycles. The topological polar surface area (TPSA) is 84.5 Å². The molecule has 2 amide bonds. The molecule has 0 saturated carbocycles. The van der Waals surface area contributed by atoms with Crippen LogP contribution in [0.5, 0.6) is 0 Å². The van der Waals surface area contributed by atoms with E-state index < -0.39 is 12.1 Å². The molecule has 0 aromatic carbocycles. The SMILES string of the molecule is C=CC(=O)OC(C)CNC(=O)C(CC(C)(C)C(C)(C)C(CC(C)(C)C)C(=O)NC(C)C)C(C)(C)C. The Hall–Kier alpha value is -1.85. The standard InChI is InChI=1S/C29H54N2O4/c1-15-23(32)35-20(4)18-30-24(33)21(27(8,9)10)17-28(11,12)29(13,14)22(16-26(5,6)7)25(34)31-19(2)3/h15,19-22H,1,16-18H2,2-14H3,(H,30,33)(H,31,34). The van der Waals surface area contributed by atoms with Gasteiger partial charge in [-0.25, -0.2) is 4.79 Å². The first kappa shape index (κ1) is 33.1. The maximum atomic E-state index is 13.4. The summed E-state index contributed by atoms with van der Waals surface area (Å²) in [6.07, 6.45) is 2.03. The minimum atomic E-state index is -0.508. The molecule has 0 rings (SSSR count). The van der Waals surface area contributed by atoms with E-state index in [4.69, 9.17) is 4.74 Å². The van der Waals surface area contributed by atoms with E-state index in [1.807, 2.05) is 13.8 Å². The van der Waals surface area contributed by atoms with Gasteiger partial charge in [-0.2, -0.15) is 0 Å². The van der Waals surface area contributed by atoms with Crippen LogP contribution in [0.1, 0.15) is 103 Å². The Bertz CT molecular complexity index is 739. The van der Waals surface area contributed by atoms with Gasteiger partial charge in [-0.3, -0.25) is 9.59 Å². The third kappa shape index (κ3) is 10.7. The summed E-state index contributed by atoms with van der Waals surface area (Å²) in [5.74, 6) is -1.000. The molecule has 0 aliphatic rings. The zero-order valence-electron chi connectivity index (χ0n) is 24.8. The van der Waals surface area contributed by atoms with Crippen LogP contribution >= 0.6 is 0 Å². The summed E-state index contributed by atoms with van der Waals surface area (Å²) >= 11 is 0. The minimum Gasteiger partial charge on any atom is -0.458 e. The fraction of sp³-hybridized carbons (Fsp3) is 0.828. The van der Waals surface area contributed by atoms with Gasteiger partial charge in [0, 0.05) is 24.0 Å². The second kappa shape index (κ2) is 12.4. The lowest BCUT2D eigenvalue weighted by Crippen LogP contribution is -2.51. The van der Waals surface area contributed by atoms with Crippen molar-refractivity contribution >= 4 is 17.8 Å². The number of hydrogen-bond acceptors (Lipinski definition) is 4. The van der Waals surface area contributed by atoms with E-state index >= 15 is 0 Å². The van der Waals surface area contributed by atoms with E-state index in [1.54, 1.807) is 6.92 Å². The highest BCUT2D eigenvalue weighted by Gasteiger charge is 2.50. The molecule has 0 aromatic heterocycles. The zero-order valence-corrected chi connectivity index (χ0v) is 24.8. The number of esters is 1. The Morgan fingerprint density at radius 2 is 1.34 bits per heavy atom. The minimum absolute atomic E-state index is 0.0217. The van der Waals surface area contributed by atoms with Crippen LogP contribution in [-0.2, 0) is 19.1 Å². The molecule has 0 radical (unpaired) electrons. The van der Waals surface area contributed by atoms with Crippen molar-refractivity contribution in [1.29, 1.82) is 0 Å². The number of nitrogens with one attached hydrogen (secondary N) is 2. The molecule has 204 valence electrons. The maximum absolute atomic E-state index is 13.4. The van der Waals surface area contributed by atoms with Crippen molar-refractivity contribution < 1.29 is 19.1 Å². The highest BCUT2D eigenvalue weighted by molar-refractivity contribution is 5.82. The van der Waals surface area contributed by atoms with Crippen molar-refractivity contribution in [2.45, 2.75) is 115 Å². The average Bonchev–Trinajstić information content (AvgIpc) is 2.65. The molecular weight excluding hydrogens is 440 g/mol. The smallest absolute Gasteiger partial charge is 0.330 e. The van der Waals surface area contributed by atoms with Gasteiger partial charge in [0.05, 0.1) is 6.54 Å². The highest BCUT2D eigenvalue weighted by atomic mass is 16.5. The van der Waals surface area contributed by atoms with Gasteiger partial charge in [-0.1, -0.05) is 75.8 Å². The number of ether oxygens (including phenoxy) is 1. The molecule has 0 fully saturated rings. The second-order valence-corrected chi connectivity index (χ2v) is 13.9. The van der Waals surface area contributed by atoms with E-state index in [2.05, 4.69) is 86.4 Å². The van der Waals surface area contributed by atoms with Gasteiger partial charge in [0.1, 0.15) is 6.10 Å². The number of carbonyl (C=O) groups excluding carboxylic acids is 3. The molecule has 0 aromatic rings. The molecular formula is C29H54N2O4. The van der Waals surface area contributed by atoms with Crippen molar-refractivity contribution in [3.05, 3.63) is 12.7 Å². The van der Waals surface area contributed by atoms with Crippen LogP contribution in [0.2, 0.25) is 0 Å². The molecule has 6 nitrogen and oxygen atoms in total. The quantitative estimate of drug-likeness (QED) is 0.261. The molecule has 0 aliphatic heterocycles. The normalized spacial score (nSPS) is 15.7. The van der Waals surface area contributed by atoms with E-state index in [0.717, 1.165) is 12.5 Å². The largest absolute Gasteiger partial charge is 0.458 e. The molecule has 3 atom stereocenters. The fourth-order valence-electron chi connectivity index (χ4n) is 4.37. The average molecular weight is 495 g/mol. The third-order valence-corrected chi connectivity index (χ3v) is 7.30. The van der Waals surface area contributed by atoms with Gasteiger partial charge < -0.3 is 15.4 Å². The predicted octanol–water partition coefficient (Wildman–Crippen LogP) is 5.90. The van der Waals surface area contributed by atoms with Crippen LogP contribution in [-0.4, -0.2) is 36.5 Å². The maximum Gasteiger partial charge on any atom is 0.330 e. The Labute approximate surface area is 215 Å². The number of amides is 2. The summed E-state index contributed by atoms with van der Waals surface area (Å²) in [5.41, 5.74) is -1.02. The summed E-state index contributed by atoms with van der Waals surface area (Å²) in [5, 5.41) is 6.12. The monoisotopic (exact) mass is 494 g/mol. The second-order valence-electron chi connectivity index (χ2n) is 13.9. The van der Waals surface area contributed by atoms with Gasteiger partial charge in [-0.05, 0) is 55.3 Å². The van der Waals surface area contributed by atoms with Crippen molar-refractivity contribution in [3.8, 4) is 0 Å². The van der Waals surface area contributed by atoms with E-state index in [0.29, 0.717) is 6.42 Å². The first-order valence-electron chi connectivity index (χ1n) is 13.0. The Morgan fingerprint density at radius 1 is 0.829 bits per heavy atom. The van der Waals surface area contributed by atoms with Crippen LogP contribution in [0.3, 0.4) is 0 Å². The van der Waals surface area contributed by atoms with E-state index in [1.165, 1.54) is 0 Å². The number of rotatable bonds is 12. The summed E-state index contributed by atoms with van der Waals surface area (Å²) in [7, 11) is 0. The lowest BCUT2D eigenvalue weighted by Gasteiger charge is -2.50. The molecule has 0 bridgehead atoms. The molecule has 0 spiro atoms. The van der Waals surface area contributed by atoms with Crippen LogP contribution < -0.4 is 10.6 Å². The van der Waals surface area contributed by atoms with Crippen molar-refractivity contribution in [1.82, 2.24) is 10.6 Å². The van der Waals surface area contributed by atoms with Gasteiger partial charge in [0.15, 0.2) is 0 Å². The lowest BCUT2D eigenvalue weighted by atomic mass is 9.54. The molecule has 0 heterocycles. The first-order valence-corrected chi connectivity index (χ1v) is 13.0. The highest BCUT2D eigenvalue weighted by Crippen LogP contribution is 2.53. The van der Waals surface area contributed by atoms with Crippen molar-refractivity contribution in [2.75, 3.05) is 6.54 Å².